The number of sulfone groups is 1. The Hall–Kier alpha value is -0.950. The van der Waals surface area contributed by atoms with Crippen molar-refractivity contribution in [1.29, 1.82) is 0 Å². The van der Waals surface area contributed by atoms with Crippen LogP contribution in [-0.2, 0) is 19.3 Å². The first kappa shape index (κ1) is 15.0. The Morgan fingerprint density at radius 3 is 2.43 bits per heavy atom. The van der Waals surface area contributed by atoms with Crippen molar-refractivity contribution in [3.63, 3.8) is 0 Å². The van der Waals surface area contributed by atoms with Gasteiger partial charge in [-0.15, -0.1) is 0 Å². The van der Waals surface area contributed by atoms with Gasteiger partial charge in [-0.05, 0) is 25.0 Å². The van der Waals surface area contributed by atoms with Gasteiger partial charge >= 0.3 is 0 Å². The first-order valence-electron chi connectivity index (χ1n) is 7.10. The minimum Gasteiger partial charge on any atom is -0.394 e. The topological polar surface area (TPSA) is 76.1 Å². The molecular weight excluding hydrogens is 292 g/mol. The first-order valence-corrected chi connectivity index (χ1v) is 8.58. The van der Waals surface area contributed by atoms with Crippen molar-refractivity contribution in [3.05, 3.63) is 29.8 Å². The normalized spacial score (nSPS) is 35.0. The Bertz CT molecular complexity index is 637. The quantitative estimate of drug-likeness (QED) is 0.848. The lowest BCUT2D eigenvalue weighted by Gasteiger charge is -2.25. The molecule has 0 bridgehead atoms. The van der Waals surface area contributed by atoms with Gasteiger partial charge in [-0.3, -0.25) is 0 Å². The summed E-state index contributed by atoms with van der Waals surface area (Å²) >= 11 is 0. The summed E-state index contributed by atoms with van der Waals surface area (Å²) in [6.07, 6.45) is -1.72. The molecule has 0 unspecified atom stereocenters. The van der Waals surface area contributed by atoms with E-state index in [1.807, 2.05) is 20.8 Å². The molecule has 1 aromatic rings. The molecule has 5 nitrogen and oxygen atoms in total. The van der Waals surface area contributed by atoms with Gasteiger partial charge in [0.1, 0.15) is 18.3 Å². The average molecular weight is 312 g/mol. The molecular formula is C15H20O5S. The molecule has 21 heavy (non-hydrogen) atoms. The van der Waals surface area contributed by atoms with Crippen LogP contribution in [0.3, 0.4) is 0 Å². The molecule has 2 saturated heterocycles. The SMILES string of the molecule is Cc1ccc(S(=O)(=O)[C@]23O[C@H]2[C@H](CO)O[C@H]3C(C)C)cc1. The third-order valence-corrected chi connectivity index (χ3v) is 6.54. The zero-order valence-corrected chi connectivity index (χ0v) is 13.1. The van der Waals surface area contributed by atoms with Gasteiger partial charge in [-0.25, -0.2) is 8.42 Å². The number of epoxide rings is 1. The summed E-state index contributed by atoms with van der Waals surface area (Å²) in [6, 6.07) is 6.74. The van der Waals surface area contributed by atoms with Crippen molar-refractivity contribution in [2.24, 2.45) is 5.92 Å². The second-order valence-corrected chi connectivity index (χ2v) is 8.21. The predicted molar refractivity (Wildman–Crippen MR) is 76.6 cm³/mol. The number of rotatable bonds is 4. The van der Waals surface area contributed by atoms with Crippen LogP contribution >= 0.6 is 0 Å². The van der Waals surface area contributed by atoms with Gasteiger partial charge in [-0.1, -0.05) is 31.5 Å². The summed E-state index contributed by atoms with van der Waals surface area (Å²) in [5.41, 5.74) is 0.996. The molecule has 0 aliphatic carbocycles. The third-order valence-electron chi connectivity index (χ3n) is 4.24. The lowest BCUT2D eigenvalue weighted by atomic mass is 10.0. The number of benzene rings is 1. The number of fused-ring (bicyclic) bond motifs is 1. The fourth-order valence-corrected chi connectivity index (χ4v) is 5.30. The van der Waals surface area contributed by atoms with Crippen molar-refractivity contribution in [2.75, 3.05) is 6.61 Å². The maximum absolute atomic E-state index is 13.0. The van der Waals surface area contributed by atoms with E-state index in [9.17, 15) is 13.5 Å². The monoisotopic (exact) mass is 312 g/mol. The van der Waals surface area contributed by atoms with E-state index in [0.717, 1.165) is 5.56 Å². The molecule has 3 rings (SSSR count). The summed E-state index contributed by atoms with van der Waals surface area (Å²) < 4.78 is 37.3. The van der Waals surface area contributed by atoms with E-state index < -0.39 is 33.1 Å². The molecule has 0 radical (unpaired) electrons. The summed E-state index contributed by atoms with van der Waals surface area (Å²) in [7, 11) is -3.68. The van der Waals surface area contributed by atoms with Crippen LogP contribution in [-0.4, -0.2) is 43.4 Å². The highest BCUT2D eigenvalue weighted by molar-refractivity contribution is 7.93. The number of ether oxygens (including phenoxy) is 2. The number of hydrogen-bond acceptors (Lipinski definition) is 5. The van der Waals surface area contributed by atoms with E-state index in [0.29, 0.717) is 0 Å². The number of aryl methyl sites for hydroxylation is 1. The maximum Gasteiger partial charge on any atom is 0.229 e. The highest BCUT2D eigenvalue weighted by Crippen LogP contribution is 2.57. The Labute approximate surface area is 124 Å². The van der Waals surface area contributed by atoms with Gasteiger partial charge < -0.3 is 14.6 Å². The van der Waals surface area contributed by atoms with Crippen LogP contribution < -0.4 is 0 Å². The van der Waals surface area contributed by atoms with Crippen molar-refractivity contribution in [1.82, 2.24) is 0 Å². The Morgan fingerprint density at radius 1 is 1.29 bits per heavy atom. The number of aliphatic hydroxyl groups excluding tert-OH is 1. The van der Waals surface area contributed by atoms with Gasteiger partial charge in [0.15, 0.2) is 0 Å². The van der Waals surface area contributed by atoms with E-state index in [1.54, 1.807) is 24.3 Å². The van der Waals surface area contributed by atoms with Gasteiger partial charge in [-0.2, -0.15) is 0 Å². The maximum atomic E-state index is 13.0. The van der Waals surface area contributed by atoms with E-state index in [4.69, 9.17) is 9.47 Å². The predicted octanol–water partition coefficient (Wildman–Crippen LogP) is 1.28. The molecule has 2 aliphatic rings. The largest absolute Gasteiger partial charge is 0.394 e. The average Bonchev–Trinajstić information content (AvgIpc) is 3.10. The lowest BCUT2D eigenvalue weighted by Crippen LogP contribution is -2.40. The molecule has 1 aromatic carbocycles. The summed E-state index contributed by atoms with van der Waals surface area (Å²) in [5, 5.41) is 9.35. The Balaban J connectivity index is 2.04. The van der Waals surface area contributed by atoms with E-state index >= 15 is 0 Å². The zero-order valence-electron chi connectivity index (χ0n) is 12.3. The Morgan fingerprint density at radius 2 is 1.90 bits per heavy atom. The second-order valence-electron chi connectivity index (χ2n) is 6.10. The standard InChI is InChI=1S/C15H20O5S/c1-9(2)13-15(14(20-15)12(8-16)19-13)21(17,18)11-6-4-10(3)5-7-11/h4-7,9,12-14,16H,8H2,1-3H3/t12-,13-,14-,15-/m0/s1. The molecule has 6 heteroatoms. The van der Waals surface area contributed by atoms with Crippen LogP contribution in [0, 0.1) is 12.8 Å². The van der Waals surface area contributed by atoms with Crippen molar-refractivity contribution < 1.29 is 23.0 Å². The highest BCUT2D eigenvalue weighted by atomic mass is 32.2. The number of aliphatic hydroxyl groups is 1. The van der Waals surface area contributed by atoms with E-state index in [2.05, 4.69) is 0 Å². The molecule has 2 fully saturated rings. The first-order chi connectivity index (χ1) is 9.84. The fourth-order valence-electron chi connectivity index (χ4n) is 3.11. The molecule has 0 amide bonds. The highest BCUT2D eigenvalue weighted by Gasteiger charge is 2.78. The van der Waals surface area contributed by atoms with Gasteiger partial charge in [0.05, 0.1) is 11.5 Å². The van der Waals surface area contributed by atoms with Crippen molar-refractivity contribution >= 4 is 9.84 Å². The van der Waals surface area contributed by atoms with Crippen LogP contribution in [0.5, 0.6) is 0 Å². The summed E-state index contributed by atoms with van der Waals surface area (Å²) in [5.74, 6) is -0.0215. The van der Waals surface area contributed by atoms with Crippen LogP contribution in [0.25, 0.3) is 0 Å². The number of hydrogen-bond donors (Lipinski definition) is 1. The molecule has 4 atom stereocenters. The third kappa shape index (κ3) is 1.97. The fraction of sp³-hybridized carbons (Fsp3) is 0.600. The van der Waals surface area contributed by atoms with E-state index in [1.165, 1.54) is 0 Å². The molecule has 2 heterocycles. The smallest absolute Gasteiger partial charge is 0.229 e. The van der Waals surface area contributed by atoms with Crippen molar-refractivity contribution in [3.8, 4) is 0 Å². The van der Waals surface area contributed by atoms with Gasteiger partial charge in [0.2, 0.25) is 14.8 Å². The van der Waals surface area contributed by atoms with Crippen LogP contribution in [0.1, 0.15) is 19.4 Å². The summed E-state index contributed by atoms with van der Waals surface area (Å²) in [6.45, 7) is 5.46. The van der Waals surface area contributed by atoms with Crippen LogP contribution in [0.15, 0.2) is 29.2 Å². The van der Waals surface area contributed by atoms with Crippen LogP contribution in [0.4, 0.5) is 0 Å². The molecule has 0 aromatic heterocycles. The minimum atomic E-state index is -3.68. The van der Waals surface area contributed by atoms with Crippen molar-refractivity contribution in [2.45, 2.75) is 48.9 Å². The minimum absolute atomic E-state index is 0.0215. The van der Waals surface area contributed by atoms with Gasteiger partial charge in [0, 0.05) is 0 Å². The molecule has 116 valence electrons. The van der Waals surface area contributed by atoms with Gasteiger partial charge in [0.25, 0.3) is 0 Å². The zero-order chi connectivity index (χ0) is 15.4. The van der Waals surface area contributed by atoms with E-state index in [-0.39, 0.29) is 17.4 Å². The molecule has 0 spiro atoms. The lowest BCUT2D eigenvalue weighted by molar-refractivity contribution is -0.0743. The second kappa shape index (κ2) is 4.78. The molecule has 2 aliphatic heterocycles. The Kier molecular flexibility index (Phi) is 3.40. The molecule has 1 N–H and O–H groups in total. The molecule has 0 saturated carbocycles. The summed E-state index contributed by atoms with van der Waals surface area (Å²) in [4.78, 5) is -1.10. The van der Waals surface area contributed by atoms with Crippen LogP contribution in [0.2, 0.25) is 0 Å².